The first-order valence-corrected chi connectivity index (χ1v) is 7.02. The van der Waals surface area contributed by atoms with Crippen LogP contribution in [0.3, 0.4) is 0 Å². The smallest absolute Gasteiger partial charge is 0.184 e. The van der Waals surface area contributed by atoms with Crippen LogP contribution in [0.15, 0.2) is 53.8 Å². The third-order valence-electron chi connectivity index (χ3n) is 2.92. The van der Waals surface area contributed by atoms with E-state index in [2.05, 4.69) is 11.4 Å². The van der Waals surface area contributed by atoms with Crippen LogP contribution in [0.1, 0.15) is 20.8 Å². The van der Waals surface area contributed by atoms with Crippen molar-refractivity contribution >= 4 is 38.3 Å². The van der Waals surface area contributed by atoms with E-state index in [0.717, 1.165) is 16.6 Å². The maximum Gasteiger partial charge on any atom is 0.184 e. The van der Waals surface area contributed by atoms with Gasteiger partial charge >= 0.3 is 0 Å². The van der Waals surface area contributed by atoms with E-state index in [0.29, 0.717) is 0 Å². The van der Waals surface area contributed by atoms with Crippen molar-refractivity contribution in [3.05, 3.63) is 53.8 Å². The van der Waals surface area contributed by atoms with Gasteiger partial charge in [0.05, 0.1) is 0 Å². The molecule has 0 fully saturated rings. The van der Waals surface area contributed by atoms with Crippen LogP contribution in [0.25, 0.3) is 0 Å². The number of allylic oxidation sites excluding steroid dienone is 3. The van der Waals surface area contributed by atoms with E-state index < -0.39 is 5.54 Å². The van der Waals surface area contributed by atoms with Crippen LogP contribution in [0, 0.1) is 0 Å². The van der Waals surface area contributed by atoms with Crippen LogP contribution >= 0.6 is 8.58 Å². The van der Waals surface area contributed by atoms with Gasteiger partial charge in [0.1, 0.15) is 5.54 Å². The quantitative estimate of drug-likeness (QED) is 0.672. The van der Waals surface area contributed by atoms with Crippen LogP contribution < -0.4 is 10.6 Å². The van der Waals surface area contributed by atoms with E-state index in [1.807, 2.05) is 57.2 Å². The molecule has 2 atom stereocenters. The molecule has 1 aliphatic rings. The van der Waals surface area contributed by atoms with Crippen LogP contribution in [-0.2, 0) is 4.79 Å². The molecule has 1 aromatic rings. The summed E-state index contributed by atoms with van der Waals surface area (Å²) in [5.41, 5.74) is 1.83. The topological polar surface area (TPSA) is 29.1 Å². The molecular weight excluding hydrogens is 248 g/mol. The molecule has 1 N–H and O–H groups in total. The van der Waals surface area contributed by atoms with Gasteiger partial charge in [-0.3, -0.25) is 4.79 Å². The Morgan fingerprint density at radius 2 is 1.84 bits per heavy atom. The van der Waals surface area contributed by atoms with Crippen molar-refractivity contribution in [3.63, 3.8) is 0 Å². The van der Waals surface area contributed by atoms with Crippen LogP contribution in [0.2, 0.25) is 0 Å². The zero-order valence-electron chi connectivity index (χ0n) is 11.9. The van der Waals surface area contributed by atoms with E-state index in [9.17, 15) is 4.79 Å². The van der Waals surface area contributed by atoms with E-state index >= 15 is 0 Å². The minimum Gasteiger partial charge on any atom is -0.373 e. The first-order valence-electron chi connectivity index (χ1n) is 6.02. The molecule has 4 heteroatoms. The molecule has 1 radical (unpaired) electrons. The maximum atomic E-state index is 12.5. The zero-order valence-corrected chi connectivity index (χ0v) is 12.9. The van der Waals surface area contributed by atoms with Gasteiger partial charge in [-0.2, -0.15) is 0 Å². The second-order valence-electron chi connectivity index (χ2n) is 4.86. The largest absolute Gasteiger partial charge is 0.373 e. The summed E-state index contributed by atoms with van der Waals surface area (Å²) in [4.78, 5) is 12.5. The molecule has 0 saturated carbocycles. The summed E-state index contributed by atoms with van der Waals surface area (Å²) >= 11 is 0. The number of dihydropyridines is 1. The average Bonchev–Trinajstić information content (AvgIpc) is 2.28. The molecule has 2 unspecified atom stereocenters. The van der Waals surface area contributed by atoms with Gasteiger partial charge in [-0.05, 0) is 46.8 Å². The van der Waals surface area contributed by atoms with Gasteiger partial charge < -0.3 is 5.32 Å². The van der Waals surface area contributed by atoms with Gasteiger partial charge in [0, 0.05) is 24.6 Å². The minimum absolute atomic E-state index is 0. The maximum absolute atomic E-state index is 12.5. The standard InChI is InChI=1S/C15H18NOP.Li/c1-11-9-12(2)16-15(3,10-11)14(17)18-13-7-5-4-6-8-13;/h4-10,16,18H,1-3H3;. The summed E-state index contributed by atoms with van der Waals surface area (Å²) in [6, 6.07) is 9.91. The number of rotatable bonds is 3. The Kier molecular flexibility index (Phi) is 5.62. The fourth-order valence-corrected chi connectivity index (χ4v) is 3.24. The molecule has 0 aromatic heterocycles. The van der Waals surface area contributed by atoms with Gasteiger partial charge in [0.25, 0.3) is 0 Å². The monoisotopic (exact) mass is 266 g/mol. The fraction of sp³-hybridized carbons (Fsp3) is 0.267. The molecule has 19 heavy (non-hydrogen) atoms. The molecule has 0 spiro atoms. The minimum atomic E-state index is -0.572. The van der Waals surface area contributed by atoms with Crippen molar-refractivity contribution in [2.75, 3.05) is 0 Å². The van der Waals surface area contributed by atoms with E-state index in [1.165, 1.54) is 0 Å². The molecule has 2 nitrogen and oxygen atoms in total. The molecule has 2 rings (SSSR count). The first kappa shape index (κ1) is 16.3. The van der Waals surface area contributed by atoms with Crippen molar-refractivity contribution in [1.82, 2.24) is 5.32 Å². The Morgan fingerprint density at radius 1 is 1.21 bits per heavy atom. The molecule has 1 heterocycles. The van der Waals surface area contributed by atoms with Crippen LogP contribution in [0.4, 0.5) is 0 Å². The molecular formula is C15H18LiNOP. The normalized spacial score (nSPS) is 22.3. The Labute approximate surface area is 128 Å². The van der Waals surface area contributed by atoms with Crippen LogP contribution in [-0.4, -0.2) is 29.9 Å². The molecule has 0 amide bonds. The van der Waals surface area contributed by atoms with Crippen LogP contribution in [0.5, 0.6) is 0 Å². The Bertz CT molecular complexity index is 524. The number of hydrogen-bond acceptors (Lipinski definition) is 2. The second kappa shape index (κ2) is 6.57. The summed E-state index contributed by atoms with van der Waals surface area (Å²) in [6.07, 6.45) is 4.07. The van der Waals surface area contributed by atoms with Crippen molar-refractivity contribution in [3.8, 4) is 0 Å². The third kappa shape index (κ3) is 4.08. The Hall–Kier alpha value is -0.803. The van der Waals surface area contributed by atoms with E-state index in [4.69, 9.17) is 0 Å². The van der Waals surface area contributed by atoms with E-state index in [-0.39, 0.29) is 33.0 Å². The van der Waals surface area contributed by atoms with Crippen molar-refractivity contribution in [2.45, 2.75) is 26.3 Å². The predicted octanol–water partition coefficient (Wildman–Crippen LogP) is 2.35. The van der Waals surface area contributed by atoms with Crippen molar-refractivity contribution in [2.24, 2.45) is 0 Å². The molecule has 0 aliphatic carbocycles. The molecule has 1 aromatic carbocycles. The summed E-state index contributed by atoms with van der Waals surface area (Å²) in [5, 5.41) is 4.37. The van der Waals surface area contributed by atoms with Gasteiger partial charge in [-0.1, -0.05) is 35.9 Å². The number of carbonyl (C=O) groups excluding carboxylic acids is 1. The van der Waals surface area contributed by atoms with Gasteiger partial charge in [-0.25, -0.2) is 0 Å². The van der Waals surface area contributed by atoms with Crippen molar-refractivity contribution < 1.29 is 4.79 Å². The summed E-state index contributed by atoms with van der Waals surface area (Å²) in [7, 11) is 0.186. The number of nitrogens with one attached hydrogen (secondary N) is 1. The van der Waals surface area contributed by atoms with Crippen molar-refractivity contribution in [1.29, 1.82) is 0 Å². The third-order valence-corrected chi connectivity index (χ3v) is 4.29. The molecule has 95 valence electrons. The average molecular weight is 266 g/mol. The van der Waals surface area contributed by atoms with Gasteiger partial charge in [0.15, 0.2) is 5.52 Å². The van der Waals surface area contributed by atoms with Gasteiger partial charge in [-0.15, -0.1) is 0 Å². The summed E-state index contributed by atoms with van der Waals surface area (Å²) in [5.74, 6) is 0. The Morgan fingerprint density at radius 3 is 2.42 bits per heavy atom. The number of hydrogen-bond donors (Lipinski definition) is 1. The Balaban J connectivity index is 0.00000180. The molecule has 0 bridgehead atoms. The summed E-state index contributed by atoms with van der Waals surface area (Å²) in [6.45, 7) is 5.97. The second-order valence-corrected chi connectivity index (χ2v) is 6.14. The number of benzene rings is 1. The summed E-state index contributed by atoms with van der Waals surface area (Å²) < 4.78 is 0. The molecule has 0 saturated heterocycles. The SMILES string of the molecule is CC1=CC(C)(C(=O)Pc2ccccc2)NC(C)=C1.[Li]. The fourth-order valence-electron chi connectivity index (χ4n) is 2.22. The van der Waals surface area contributed by atoms with E-state index in [1.54, 1.807) is 0 Å². The van der Waals surface area contributed by atoms with Gasteiger partial charge in [0.2, 0.25) is 0 Å². The predicted molar refractivity (Wildman–Crippen MR) is 84.2 cm³/mol. The molecule has 1 aliphatic heterocycles. The zero-order chi connectivity index (χ0) is 13.2. The number of carbonyl (C=O) groups is 1. The first-order chi connectivity index (χ1) is 8.49.